The third kappa shape index (κ3) is 3.15. The highest BCUT2D eigenvalue weighted by molar-refractivity contribution is 5.23. The Balaban J connectivity index is 1.94. The lowest BCUT2D eigenvalue weighted by atomic mass is 9.92. The third-order valence-corrected chi connectivity index (χ3v) is 3.99. The molecule has 102 valence electrons. The van der Waals surface area contributed by atoms with Gasteiger partial charge in [-0.25, -0.2) is 0 Å². The van der Waals surface area contributed by atoms with Gasteiger partial charge in [0.1, 0.15) is 11.5 Å². The molecule has 3 unspecified atom stereocenters. The quantitative estimate of drug-likeness (QED) is 0.889. The van der Waals surface area contributed by atoms with Gasteiger partial charge in [0.25, 0.3) is 0 Å². The summed E-state index contributed by atoms with van der Waals surface area (Å²) in [4.78, 5) is 0. The molecule has 18 heavy (non-hydrogen) atoms. The molecule has 0 aromatic carbocycles. The maximum Gasteiger partial charge on any atom is 0.105 e. The second kappa shape index (κ2) is 5.89. The van der Waals surface area contributed by atoms with Crippen LogP contribution in [0.5, 0.6) is 0 Å². The van der Waals surface area contributed by atoms with E-state index in [0.29, 0.717) is 18.2 Å². The lowest BCUT2D eigenvalue weighted by Gasteiger charge is -2.31. The van der Waals surface area contributed by atoms with Crippen LogP contribution in [0.1, 0.15) is 55.7 Å². The fourth-order valence-electron chi connectivity index (χ4n) is 3.03. The lowest BCUT2D eigenvalue weighted by molar-refractivity contribution is 0.0572. The summed E-state index contributed by atoms with van der Waals surface area (Å²) in [5.74, 6) is 2.03. The highest BCUT2D eigenvalue weighted by Crippen LogP contribution is 2.26. The van der Waals surface area contributed by atoms with E-state index < -0.39 is 0 Å². The van der Waals surface area contributed by atoms with Crippen LogP contribution in [0.25, 0.3) is 0 Å². The molecule has 1 N–H and O–H groups in total. The Kier molecular flexibility index (Phi) is 4.46. The van der Waals surface area contributed by atoms with Crippen molar-refractivity contribution in [3.8, 4) is 0 Å². The van der Waals surface area contributed by atoms with Gasteiger partial charge in [-0.15, -0.1) is 0 Å². The Labute approximate surface area is 110 Å². The number of nitrogens with one attached hydrogen (secondary N) is 1. The van der Waals surface area contributed by atoms with Crippen LogP contribution in [0.3, 0.4) is 0 Å². The first-order valence-electron chi connectivity index (χ1n) is 6.96. The molecule has 1 aliphatic rings. The van der Waals surface area contributed by atoms with Crippen molar-refractivity contribution in [1.29, 1.82) is 0 Å². The van der Waals surface area contributed by atoms with Crippen LogP contribution in [-0.2, 0) is 4.74 Å². The van der Waals surface area contributed by atoms with E-state index in [1.807, 2.05) is 21.0 Å². The maximum absolute atomic E-state index is 5.60. The van der Waals surface area contributed by atoms with E-state index in [0.717, 1.165) is 17.9 Å². The van der Waals surface area contributed by atoms with Gasteiger partial charge in [-0.1, -0.05) is 0 Å². The lowest BCUT2D eigenvalue weighted by Crippen LogP contribution is -2.38. The first kappa shape index (κ1) is 13.6. The van der Waals surface area contributed by atoms with Crippen LogP contribution < -0.4 is 5.32 Å². The fourth-order valence-corrected chi connectivity index (χ4v) is 3.03. The van der Waals surface area contributed by atoms with Crippen molar-refractivity contribution in [3.63, 3.8) is 0 Å². The minimum atomic E-state index is 0.350. The first-order valence-corrected chi connectivity index (χ1v) is 6.96. The minimum absolute atomic E-state index is 0.350. The van der Waals surface area contributed by atoms with Gasteiger partial charge < -0.3 is 14.5 Å². The Bertz CT molecular complexity index is 386. The molecule has 2 rings (SSSR count). The van der Waals surface area contributed by atoms with Crippen LogP contribution >= 0.6 is 0 Å². The summed E-state index contributed by atoms with van der Waals surface area (Å²) in [6.45, 7) is 6.26. The van der Waals surface area contributed by atoms with Crippen LogP contribution in [0.2, 0.25) is 0 Å². The summed E-state index contributed by atoms with van der Waals surface area (Å²) in [5.41, 5.74) is 1.28. The number of hydrogen-bond acceptors (Lipinski definition) is 3. The molecular formula is C15H25NO2. The van der Waals surface area contributed by atoms with E-state index in [4.69, 9.17) is 9.15 Å². The molecule has 0 saturated heterocycles. The van der Waals surface area contributed by atoms with Gasteiger partial charge in [-0.3, -0.25) is 0 Å². The molecular weight excluding hydrogens is 226 g/mol. The number of furan rings is 1. The normalized spacial score (nSPS) is 26.2. The Hall–Kier alpha value is -0.800. The van der Waals surface area contributed by atoms with Crippen molar-refractivity contribution in [1.82, 2.24) is 5.32 Å². The highest BCUT2D eigenvalue weighted by atomic mass is 16.5. The maximum atomic E-state index is 5.60. The van der Waals surface area contributed by atoms with Crippen molar-refractivity contribution < 1.29 is 9.15 Å². The Morgan fingerprint density at radius 2 is 2.17 bits per heavy atom. The molecule has 0 amide bonds. The van der Waals surface area contributed by atoms with E-state index in [1.165, 1.54) is 24.8 Å². The molecule has 0 bridgehead atoms. The zero-order valence-electron chi connectivity index (χ0n) is 12.0. The van der Waals surface area contributed by atoms with Crippen LogP contribution in [-0.4, -0.2) is 19.3 Å². The second-order valence-corrected chi connectivity index (χ2v) is 5.48. The van der Waals surface area contributed by atoms with E-state index in [9.17, 15) is 0 Å². The van der Waals surface area contributed by atoms with Gasteiger partial charge in [0.2, 0.25) is 0 Å². The SMILES string of the molecule is COC1CCCC(NC(C)c2cc(C)oc2C)C1. The summed E-state index contributed by atoms with van der Waals surface area (Å²) in [6.07, 6.45) is 5.26. The summed E-state index contributed by atoms with van der Waals surface area (Å²) < 4.78 is 11.1. The molecule has 3 nitrogen and oxygen atoms in total. The van der Waals surface area contributed by atoms with Gasteiger partial charge in [0, 0.05) is 24.8 Å². The molecule has 3 heteroatoms. The van der Waals surface area contributed by atoms with E-state index >= 15 is 0 Å². The first-order chi connectivity index (χ1) is 8.60. The molecule has 1 aromatic heterocycles. The fraction of sp³-hybridized carbons (Fsp3) is 0.733. The van der Waals surface area contributed by atoms with Gasteiger partial charge in [0.15, 0.2) is 0 Å². The average molecular weight is 251 g/mol. The van der Waals surface area contributed by atoms with Gasteiger partial charge >= 0.3 is 0 Å². The molecule has 1 saturated carbocycles. The topological polar surface area (TPSA) is 34.4 Å². The van der Waals surface area contributed by atoms with Crippen LogP contribution in [0, 0.1) is 13.8 Å². The molecule has 0 radical (unpaired) electrons. The van der Waals surface area contributed by atoms with E-state index in [-0.39, 0.29) is 0 Å². The van der Waals surface area contributed by atoms with Gasteiger partial charge in [-0.2, -0.15) is 0 Å². The van der Waals surface area contributed by atoms with Crippen LogP contribution in [0.15, 0.2) is 10.5 Å². The van der Waals surface area contributed by atoms with Crippen molar-refractivity contribution in [2.24, 2.45) is 0 Å². The zero-order chi connectivity index (χ0) is 13.1. The number of methoxy groups -OCH3 is 1. The molecule has 1 aromatic rings. The molecule has 3 atom stereocenters. The third-order valence-electron chi connectivity index (χ3n) is 3.99. The molecule has 1 fully saturated rings. The predicted molar refractivity (Wildman–Crippen MR) is 72.8 cm³/mol. The monoisotopic (exact) mass is 251 g/mol. The smallest absolute Gasteiger partial charge is 0.105 e. The average Bonchev–Trinajstić information content (AvgIpc) is 2.69. The van der Waals surface area contributed by atoms with Gasteiger partial charge in [0.05, 0.1) is 6.10 Å². The number of aryl methyl sites for hydroxylation is 2. The summed E-state index contributed by atoms with van der Waals surface area (Å²) in [6, 6.07) is 3.06. The molecule has 0 aliphatic heterocycles. The van der Waals surface area contributed by atoms with Crippen molar-refractivity contribution in [2.75, 3.05) is 7.11 Å². The number of rotatable bonds is 4. The Morgan fingerprint density at radius 1 is 1.39 bits per heavy atom. The highest BCUT2D eigenvalue weighted by Gasteiger charge is 2.24. The number of hydrogen-bond donors (Lipinski definition) is 1. The molecule has 0 spiro atoms. The van der Waals surface area contributed by atoms with Crippen molar-refractivity contribution >= 4 is 0 Å². The summed E-state index contributed by atoms with van der Waals surface area (Å²) in [5, 5.41) is 3.71. The summed E-state index contributed by atoms with van der Waals surface area (Å²) >= 11 is 0. The molecule has 1 heterocycles. The van der Waals surface area contributed by atoms with Crippen LogP contribution in [0.4, 0.5) is 0 Å². The van der Waals surface area contributed by atoms with E-state index in [2.05, 4.69) is 18.3 Å². The van der Waals surface area contributed by atoms with Gasteiger partial charge in [-0.05, 0) is 52.5 Å². The van der Waals surface area contributed by atoms with Crippen molar-refractivity contribution in [2.45, 2.75) is 64.6 Å². The largest absolute Gasteiger partial charge is 0.466 e. The van der Waals surface area contributed by atoms with Crippen molar-refractivity contribution in [3.05, 3.63) is 23.2 Å². The predicted octanol–water partition coefficient (Wildman–Crippen LogP) is 3.50. The van der Waals surface area contributed by atoms with E-state index in [1.54, 1.807) is 0 Å². The summed E-state index contributed by atoms with van der Waals surface area (Å²) in [7, 11) is 1.82. The molecule has 1 aliphatic carbocycles. The standard InChI is InChI=1S/C15H25NO2/c1-10-8-15(12(3)18-10)11(2)16-13-6-5-7-14(9-13)17-4/h8,11,13-14,16H,5-7,9H2,1-4H3. The second-order valence-electron chi connectivity index (χ2n) is 5.48. The Morgan fingerprint density at radius 3 is 2.78 bits per heavy atom. The number of ether oxygens (including phenoxy) is 1. The zero-order valence-corrected chi connectivity index (χ0v) is 12.0. The minimum Gasteiger partial charge on any atom is -0.466 e.